The first-order valence-corrected chi connectivity index (χ1v) is 3.34. The molecule has 0 aromatic heterocycles. The molecule has 0 saturated heterocycles. The maximum absolute atomic E-state index is 12.2. The minimum Gasteiger partial charge on any atom is -0.200 e. The van der Waals surface area contributed by atoms with E-state index in [4.69, 9.17) is 0 Å². The molecule has 0 aliphatic heterocycles. The van der Waals surface area contributed by atoms with Crippen LogP contribution in [0.4, 0.5) is 26.3 Å². The maximum Gasteiger partial charge on any atom is 0.373 e. The van der Waals surface area contributed by atoms with Crippen LogP contribution in [0.25, 0.3) is 0 Å². The Morgan fingerprint density at radius 1 is 1.00 bits per heavy atom. The van der Waals surface area contributed by atoms with Gasteiger partial charge in [0.25, 0.3) is 0 Å². The van der Waals surface area contributed by atoms with E-state index in [1.165, 1.54) is 0 Å². The maximum atomic E-state index is 12.2. The van der Waals surface area contributed by atoms with Crippen molar-refractivity contribution >= 4 is 11.6 Å². The first-order chi connectivity index (χ1) is 5.13. The minimum absolute atomic E-state index is 1.70. The Morgan fingerprint density at radius 3 is 1.50 bits per heavy atom. The van der Waals surface area contributed by atoms with Gasteiger partial charge in [-0.05, 0) is 0 Å². The van der Waals surface area contributed by atoms with E-state index in [1.54, 1.807) is 0 Å². The van der Waals surface area contributed by atoms with E-state index in [1.807, 2.05) is 0 Å². The third kappa shape index (κ3) is 0.932. The van der Waals surface area contributed by atoms with Gasteiger partial charge < -0.3 is 0 Å². The van der Waals surface area contributed by atoms with Crippen LogP contribution in [-0.2, 0) is 0 Å². The number of halogens is 7. The zero-order chi connectivity index (χ0) is 9.78. The standard InChI is InChI=1S/C5H3ClF6/c6-2-1-3(7,8)5(11,12)4(2,9)10/h2H,1H2. The van der Waals surface area contributed by atoms with E-state index in [0.717, 1.165) is 0 Å². The summed E-state index contributed by atoms with van der Waals surface area (Å²) in [5.41, 5.74) is 0. The molecule has 1 unspecified atom stereocenters. The largest absolute Gasteiger partial charge is 0.373 e. The second-order valence-corrected chi connectivity index (χ2v) is 3.10. The molecule has 0 aromatic rings. The fraction of sp³-hybridized carbons (Fsp3) is 1.00. The van der Waals surface area contributed by atoms with Gasteiger partial charge in [-0.3, -0.25) is 0 Å². The van der Waals surface area contributed by atoms with Gasteiger partial charge in [-0.1, -0.05) is 0 Å². The number of rotatable bonds is 0. The number of hydrogen-bond acceptors (Lipinski definition) is 0. The predicted octanol–water partition coefficient (Wildman–Crippen LogP) is 2.90. The Labute approximate surface area is 68.5 Å². The van der Waals surface area contributed by atoms with E-state index in [9.17, 15) is 26.3 Å². The molecule has 0 spiro atoms. The van der Waals surface area contributed by atoms with E-state index in [0.29, 0.717) is 0 Å². The van der Waals surface area contributed by atoms with E-state index < -0.39 is 29.6 Å². The van der Waals surface area contributed by atoms with Crippen molar-refractivity contribution in [1.82, 2.24) is 0 Å². The van der Waals surface area contributed by atoms with Gasteiger partial charge in [0.15, 0.2) is 0 Å². The third-order valence-corrected chi connectivity index (χ3v) is 2.14. The fourth-order valence-corrected chi connectivity index (χ4v) is 1.25. The van der Waals surface area contributed by atoms with Gasteiger partial charge in [-0.2, -0.15) is 26.3 Å². The zero-order valence-electron chi connectivity index (χ0n) is 5.43. The molecular formula is C5H3ClF6. The Morgan fingerprint density at radius 2 is 1.42 bits per heavy atom. The highest BCUT2D eigenvalue weighted by Gasteiger charge is 2.80. The van der Waals surface area contributed by atoms with Crippen LogP contribution < -0.4 is 0 Å². The zero-order valence-corrected chi connectivity index (χ0v) is 6.19. The van der Waals surface area contributed by atoms with Crippen LogP contribution in [0.3, 0.4) is 0 Å². The third-order valence-electron chi connectivity index (χ3n) is 1.71. The molecule has 1 rings (SSSR count). The summed E-state index contributed by atoms with van der Waals surface area (Å²) in [4.78, 5) is 0. The summed E-state index contributed by atoms with van der Waals surface area (Å²) in [6.07, 6.45) is -1.70. The summed E-state index contributed by atoms with van der Waals surface area (Å²) in [6, 6.07) is 0. The molecule has 12 heavy (non-hydrogen) atoms. The monoisotopic (exact) mass is 212 g/mol. The van der Waals surface area contributed by atoms with Crippen molar-refractivity contribution < 1.29 is 26.3 Å². The van der Waals surface area contributed by atoms with Gasteiger partial charge in [0, 0.05) is 6.42 Å². The first kappa shape index (κ1) is 9.95. The van der Waals surface area contributed by atoms with Crippen LogP contribution in [0.15, 0.2) is 0 Å². The highest BCUT2D eigenvalue weighted by molar-refractivity contribution is 6.21. The second kappa shape index (κ2) is 2.21. The molecule has 1 fully saturated rings. The van der Waals surface area contributed by atoms with Gasteiger partial charge in [-0.15, -0.1) is 11.6 Å². The lowest BCUT2D eigenvalue weighted by atomic mass is 10.2. The smallest absolute Gasteiger partial charge is 0.200 e. The summed E-state index contributed by atoms with van der Waals surface area (Å²) in [5, 5.41) is -2.51. The van der Waals surface area contributed by atoms with Crippen molar-refractivity contribution in [2.45, 2.75) is 29.6 Å². The Kier molecular flexibility index (Phi) is 1.84. The molecule has 0 radical (unpaired) electrons. The summed E-state index contributed by atoms with van der Waals surface area (Å²) in [6.45, 7) is 0. The average molecular weight is 213 g/mol. The molecule has 1 aliphatic rings. The Hall–Kier alpha value is -0.130. The molecule has 7 heteroatoms. The van der Waals surface area contributed by atoms with Crippen molar-refractivity contribution in [3.05, 3.63) is 0 Å². The number of hydrogen-bond donors (Lipinski definition) is 0. The molecule has 0 bridgehead atoms. The summed E-state index contributed by atoms with van der Waals surface area (Å²) < 4.78 is 73.1. The lowest BCUT2D eigenvalue weighted by molar-refractivity contribution is -0.270. The van der Waals surface area contributed by atoms with E-state index in [-0.39, 0.29) is 0 Å². The van der Waals surface area contributed by atoms with Crippen LogP contribution >= 0.6 is 11.6 Å². The summed E-state index contributed by atoms with van der Waals surface area (Å²) >= 11 is 4.66. The normalized spacial score (nSPS) is 36.8. The molecule has 0 N–H and O–H groups in total. The Balaban J connectivity index is 3.10. The van der Waals surface area contributed by atoms with Crippen molar-refractivity contribution in [1.29, 1.82) is 0 Å². The number of alkyl halides is 7. The molecule has 0 amide bonds. The van der Waals surface area contributed by atoms with E-state index >= 15 is 0 Å². The van der Waals surface area contributed by atoms with E-state index in [2.05, 4.69) is 11.6 Å². The molecule has 0 heterocycles. The lowest BCUT2D eigenvalue weighted by Gasteiger charge is -2.23. The summed E-state index contributed by atoms with van der Waals surface area (Å²) in [7, 11) is 0. The predicted molar refractivity (Wildman–Crippen MR) is 29.1 cm³/mol. The SMILES string of the molecule is FC1(F)CC(Cl)C(F)(F)C1(F)F. The van der Waals surface area contributed by atoms with Gasteiger partial charge in [0.2, 0.25) is 0 Å². The van der Waals surface area contributed by atoms with Crippen LogP contribution in [0, 0.1) is 0 Å². The van der Waals surface area contributed by atoms with Gasteiger partial charge in [0.05, 0.1) is 0 Å². The van der Waals surface area contributed by atoms with Crippen LogP contribution in [0.2, 0.25) is 0 Å². The van der Waals surface area contributed by atoms with Crippen molar-refractivity contribution in [2.75, 3.05) is 0 Å². The Bertz CT molecular complexity index is 200. The van der Waals surface area contributed by atoms with Crippen molar-refractivity contribution in [2.24, 2.45) is 0 Å². The quantitative estimate of drug-likeness (QED) is 0.428. The summed E-state index contributed by atoms with van der Waals surface area (Å²) in [5.74, 6) is -14.9. The highest BCUT2D eigenvalue weighted by Crippen LogP contribution is 2.57. The first-order valence-electron chi connectivity index (χ1n) is 2.90. The topological polar surface area (TPSA) is 0 Å². The minimum atomic E-state index is -5.34. The molecule has 1 atom stereocenters. The molecule has 1 aliphatic carbocycles. The molecular weight excluding hydrogens is 209 g/mol. The molecule has 72 valence electrons. The van der Waals surface area contributed by atoms with Gasteiger partial charge >= 0.3 is 17.8 Å². The fourth-order valence-electron chi connectivity index (χ4n) is 0.922. The van der Waals surface area contributed by atoms with Crippen LogP contribution in [0.5, 0.6) is 0 Å². The second-order valence-electron chi connectivity index (χ2n) is 2.57. The molecule has 0 aromatic carbocycles. The van der Waals surface area contributed by atoms with Gasteiger partial charge in [-0.25, -0.2) is 0 Å². The van der Waals surface area contributed by atoms with Gasteiger partial charge in [0.1, 0.15) is 5.38 Å². The molecule has 0 nitrogen and oxygen atoms in total. The average Bonchev–Trinajstić information content (AvgIpc) is 1.92. The highest BCUT2D eigenvalue weighted by atomic mass is 35.5. The van der Waals surface area contributed by atoms with Crippen LogP contribution in [-0.4, -0.2) is 23.1 Å². The van der Waals surface area contributed by atoms with Crippen LogP contribution in [0.1, 0.15) is 6.42 Å². The lowest BCUT2D eigenvalue weighted by Crippen LogP contribution is -2.48. The van der Waals surface area contributed by atoms with Crippen molar-refractivity contribution in [3.8, 4) is 0 Å². The molecule has 1 saturated carbocycles. The van der Waals surface area contributed by atoms with Crippen molar-refractivity contribution in [3.63, 3.8) is 0 Å².